The summed E-state index contributed by atoms with van der Waals surface area (Å²) in [6.07, 6.45) is 4.05. The van der Waals surface area contributed by atoms with Gasteiger partial charge in [0.25, 0.3) is 5.56 Å². The maximum atomic E-state index is 13.5. The van der Waals surface area contributed by atoms with Gasteiger partial charge in [0.2, 0.25) is 5.91 Å². The Kier molecular flexibility index (Phi) is 5.64. The largest absolute Gasteiger partial charge is 0.338 e. The number of carbonyl (C=O) groups excluding carboxylic acids is 1. The lowest BCUT2D eigenvalue weighted by Crippen LogP contribution is -2.47. The van der Waals surface area contributed by atoms with Crippen molar-refractivity contribution < 1.29 is 4.79 Å². The number of amides is 1. The third-order valence-corrected chi connectivity index (χ3v) is 6.96. The summed E-state index contributed by atoms with van der Waals surface area (Å²) in [6.45, 7) is 6.60. The summed E-state index contributed by atoms with van der Waals surface area (Å²) in [6, 6.07) is 7.70. The molecule has 1 unspecified atom stereocenters. The van der Waals surface area contributed by atoms with Gasteiger partial charge in [0.05, 0.1) is 11.2 Å². The summed E-state index contributed by atoms with van der Waals surface area (Å²) >= 11 is 1.31. The van der Waals surface area contributed by atoms with Crippen molar-refractivity contribution in [2.45, 2.75) is 59.0 Å². The number of rotatable bonds is 4. The molecule has 7 heteroatoms. The molecule has 4 rings (SSSR count). The van der Waals surface area contributed by atoms with Crippen LogP contribution in [-0.2, 0) is 11.3 Å². The molecule has 0 radical (unpaired) electrons. The number of aryl methyl sites for hydroxylation is 2. The van der Waals surface area contributed by atoms with Gasteiger partial charge < -0.3 is 4.90 Å². The van der Waals surface area contributed by atoms with Gasteiger partial charge in [0, 0.05) is 12.6 Å². The predicted octanol–water partition coefficient (Wildman–Crippen LogP) is 3.62. The highest BCUT2D eigenvalue weighted by molar-refractivity contribution is 7.17. The van der Waals surface area contributed by atoms with Gasteiger partial charge in [-0.05, 0) is 68.2 Å². The SMILES string of the molecule is CCC1CCCCN1C(=O)Cn1c(=O)n(-c2cc(C)ccc2C)c(=O)c2sccc21. The highest BCUT2D eigenvalue weighted by Gasteiger charge is 2.27. The molecule has 6 nitrogen and oxygen atoms in total. The first-order chi connectivity index (χ1) is 14.4. The van der Waals surface area contributed by atoms with Crippen molar-refractivity contribution in [3.8, 4) is 5.69 Å². The molecule has 1 aliphatic rings. The van der Waals surface area contributed by atoms with Gasteiger partial charge in [-0.1, -0.05) is 19.1 Å². The van der Waals surface area contributed by atoms with Crippen LogP contribution in [0.3, 0.4) is 0 Å². The molecule has 1 aromatic carbocycles. The molecule has 0 N–H and O–H groups in total. The van der Waals surface area contributed by atoms with Crippen LogP contribution in [-0.4, -0.2) is 32.5 Å². The molecule has 0 spiro atoms. The Morgan fingerprint density at radius 3 is 2.73 bits per heavy atom. The maximum absolute atomic E-state index is 13.5. The molecule has 1 amide bonds. The van der Waals surface area contributed by atoms with Crippen LogP contribution < -0.4 is 11.2 Å². The monoisotopic (exact) mass is 425 g/mol. The van der Waals surface area contributed by atoms with Gasteiger partial charge in [-0.3, -0.25) is 14.2 Å². The highest BCUT2D eigenvalue weighted by Crippen LogP contribution is 2.22. The zero-order chi connectivity index (χ0) is 21.4. The summed E-state index contributed by atoms with van der Waals surface area (Å²) in [5.74, 6) is -0.0534. The molecule has 158 valence electrons. The molecule has 2 aromatic heterocycles. The minimum atomic E-state index is -0.460. The summed E-state index contributed by atoms with van der Waals surface area (Å²) in [5, 5.41) is 1.80. The van der Waals surface area contributed by atoms with E-state index in [1.807, 2.05) is 36.9 Å². The van der Waals surface area contributed by atoms with Crippen molar-refractivity contribution in [2.75, 3.05) is 6.54 Å². The average Bonchev–Trinajstić information content (AvgIpc) is 3.23. The lowest BCUT2D eigenvalue weighted by Gasteiger charge is -2.35. The number of aromatic nitrogens is 2. The molecule has 0 aliphatic carbocycles. The summed E-state index contributed by atoms with van der Waals surface area (Å²) in [4.78, 5) is 41.8. The average molecular weight is 426 g/mol. The fourth-order valence-corrected chi connectivity index (χ4v) is 5.22. The first-order valence-corrected chi connectivity index (χ1v) is 11.4. The summed E-state index contributed by atoms with van der Waals surface area (Å²) in [5.41, 5.74) is 2.14. The van der Waals surface area contributed by atoms with Gasteiger partial charge in [0.1, 0.15) is 11.2 Å². The smallest absolute Gasteiger partial charge is 0.336 e. The molecule has 1 aliphatic heterocycles. The van der Waals surface area contributed by atoms with Crippen molar-refractivity contribution in [3.63, 3.8) is 0 Å². The number of hydrogen-bond acceptors (Lipinski definition) is 4. The van der Waals surface area contributed by atoms with Crippen LogP contribution in [0.1, 0.15) is 43.7 Å². The highest BCUT2D eigenvalue weighted by atomic mass is 32.1. The maximum Gasteiger partial charge on any atom is 0.336 e. The molecular weight excluding hydrogens is 398 g/mol. The van der Waals surface area contributed by atoms with Crippen LogP contribution in [0.25, 0.3) is 15.9 Å². The van der Waals surface area contributed by atoms with Crippen molar-refractivity contribution in [2.24, 2.45) is 0 Å². The number of benzene rings is 1. The third-order valence-electron chi connectivity index (χ3n) is 6.07. The van der Waals surface area contributed by atoms with Crippen LogP contribution in [0.5, 0.6) is 0 Å². The molecule has 3 aromatic rings. The number of nitrogens with zero attached hydrogens (tertiary/aromatic N) is 3. The van der Waals surface area contributed by atoms with Crippen molar-refractivity contribution in [1.29, 1.82) is 0 Å². The molecule has 3 heterocycles. The van der Waals surface area contributed by atoms with E-state index in [2.05, 4.69) is 6.92 Å². The van der Waals surface area contributed by atoms with Crippen LogP contribution in [0.2, 0.25) is 0 Å². The van der Waals surface area contributed by atoms with Gasteiger partial charge in [-0.15, -0.1) is 11.3 Å². The number of piperidine rings is 1. The fourth-order valence-electron chi connectivity index (χ4n) is 4.39. The van der Waals surface area contributed by atoms with E-state index in [1.165, 1.54) is 20.5 Å². The number of hydrogen-bond donors (Lipinski definition) is 0. The van der Waals surface area contributed by atoms with Gasteiger partial charge in [0.15, 0.2) is 0 Å². The van der Waals surface area contributed by atoms with E-state index in [4.69, 9.17) is 0 Å². The number of carbonyl (C=O) groups is 1. The Morgan fingerprint density at radius 2 is 1.97 bits per heavy atom. The third kappa shape index (κ3) is 3.51. The van der Waals surface area contributed by atoms with E-state index in [9.17, 15) is 14.4 Å². The van der Waals surface area contributed by atoms with Gasteiger partial charge in [-0.2, -0.15) is 0 Å². The second kappa shape index (κ2) is 8.22. The van der Waals surface area contributed by atoms with Crippen molar-refractivity contribution in [1.82, 2.24) is 14.0 Å². The van der Waals surface area contributed by atoms with Crippen molar-refractivity contribution >= 4 is 27.5 Å². The summed E-state index contributed by atoms with van der Waals surface area (Å²) < 4.78 is 3.19. The van der Waals surface area contributed by atoms with Crippen LogP contribution in [0.15, 0.2) is 39.2 Å². The Balaban J connectivity index is 1.86. The topological polar surface area (TPSA) is 64.3 Å². The van der Waals surface area contributed by atoms with Gasteiger partial charge in [-0.25, -0.2) is 9.36 Å². The molecule has 1 atom stereocenters. The Morgan fingerprint density at radius 1 is 1.17 bits per heavy atom. The zero-order valence-corrected chi connectivity index (χ0v) is 18.5. The molecule has 1 fully saturated rings. The van der Waals surface area contributed by atoms with E-state index in [0.717, 1.165) is 43.4 Å². The van der Waals surface area contributed by atoms with E-state index < -0.39 is 5.69 Å². The van der Waals surface area contributed by atoms with E-state index in [1.54, 1.807) is 11.4 Å². The molecule has 0 saturated carbocycles. The number of thiophene rings is 1. The lowest BCUT2D eigenvalue weighted by molar-refractivity contribution is -0.135. The predicted molar refractivity (Wildman–Crippen MR) is 121 cm³/mol. The Labute approximate surface area is 179 Å². The summed E-state index contributed by atoms with van der Waals surface area (Å²) in [7, 11) is 0. The van der Waals surface area contributed by atoms with Gasteiger partial charge >= 0.3 is 5.69 Å². The van der Waals surface area contributed by atoms with Crippen molar-refractivity contribution in [3.05, 3.63) is 61.6 Å². The Bertz CT molecular complexity index is 1220. The minimum Gasteiger partial charge on any atom is -0.338 e. The zero-order valence-electron chi connectivity index (χ0n) is 17.7. The number of likely N-dealkylation sites (tertiary alicyclic amines) is 1. The quantitative estimate of drug-likeness (QED) is 0.641. The van der Waals surface area contributed by atoms with E-state index in [-0.39, 0.29) is 24.1 Å². The molecule has 0 bridgehead atoms. The van der Waals surface area contributed by atoms with Crippen LogP contribution >= 0.6 is 11.3 Å². The second-order valence-corrected chi connectivity index (χ2v) is 9.00. The van der Waals surface area contributed by atoms with E-state index >= 15 is 0 Å². The Hall–Kier alpha value is -2.67. The first kappa shape index (κ1) is 20.6. The fraction of sp³-hybridized carbons (Fsp3) is 0.435. The second-order valence-electron chi connectivity index (χ2n) is 8.08. The molecule has 30 heavy (non-hydrogen) atoms. The van der Waals surface area contributed by atoms with Crippen LogP contribution in [0, 0.1) is 13.8 Å². The standard InChI is InChI=1S/C23H27N3O3S/c1-4-17-7-5-6-11-24(17)20(27)14-25-18-10-12-30-21(18)22(28)26(23(25)29)19-13-15(2)8-9-16(19)3/h8-10,12-13,17H,4-7,11,14H2,1-3H3. The van der Waals surface area contributed by atoms with Crippen LogP contribution in [0.4, 0.5) is 0 Å². The minimum absolute atomic E-state index is 0.0479. The molecule has 1 saturated heterocycles. The lowest BCUT2D eigenvalue weighted by atomic mass is 10.00. The normalized spacial score (nSPS) is 16.9. The first-order valence-electron chi connectivity index (χ1n) is 10.5. The van der Waals surface area contributed by atoms with E-state index in [0.29, 0.717) is 15.9 Å². The molecular formula is C23H27N3O3S. The number of fused-ring (bicyclic) bond motifs is 1.